The summed E-state index contributed by atoms with van der Waals surface area (Å²) in [5.74, 6) is 3.34. The standard InChI is InChI=1S/C22H24N4O/c1-27-22-17(8-5-9-23-22)12-25-13-18-10-21-24-11-20(16-6-3-2-4-7-16)26(21)15-19(18)14-25/h2-9,11,18-19H,10,12-15H2,1H3. The van der Waals surface area contributed by atoms with Gasteiger partial charge in [-0.3, -0.25) is 4.90 Å². The maximum Gasteiger partial charge on any atom is 0.217 e. The van der Waals surface area contributed by atoms with E-state index in [1.54, 1.807) is 13.3 Å². The fourth-order valence-electron chi connectivity index (χ4n) is 4.66. The zero-order chi connectivity index (χ0) is 18.2. The normalized spacial score (nSPS) is 21.7. The number of hydrogen-bond donors (Lipinski definition) is 0. The fourth-order valence-corrected chi connectivity index (χ4v) is 4.66. The summed E-state index contributed by atoms with van der Waals surface area (Å²) in [4.78, 5) is 11.6. The van der Waals surface area contributed by atoms with Crippen LogP contribution in [0.15, 0.2) is 54.9 Å². The zero-order valence-electron chi connectivity index (χ0n) is 15.6. The average Bonchev–Trinajstić information content (AvgIpc) is 3.29. The second-order valence-electron chi connectivity index (χ2n) is 7.63. The Balaban J connectivity index is 1.34. The molecule has 0 saturated carbocycles. The lowest BCUT2D eigenvalue weighted by atomic mass is 9.89. The van der Waals surface area contributed by atoms with Crippen molar-refractivity contribution in [1.29, 1.82) is 0 Å². The Labute approximate surface area is 159 Å². The fraction of sp³-hybridized carbons (Fsp3) is 0.364. The van der Waals surface area contributed by atoms with Crippen molar-refractivity contribution in [3.63, 3.8) is 0 Å². The van der Waals surface area contributed by atoms with E-state index in [1.165, 1.54) is 22.6 Å². The van der Waals surface area contributed by atoms with E-state index in [2.05, 4.69) is 50.8 Å². The van der Waals surface area contributed by atoms with E-state index in [1.807, 2.05) is 12.3 Å². The minimum Gasteiger partial charge on any atom is -0.481 e. The number of ether oxygens (including phenoxy) is 1. The molecule has 1 fully saturated rings. The van der Waals surface area contributed by atoms with Gasteiger partial charge >= 0.3 is 0 Å². The highest BCUT2D eigenvalue weighted by atomic mass is 16.5. The number of aromatic nitrogens is 3. The lowest BCUT2D eigenvalue weighted by Crippen LogP contribution is -2.28. The van der Waals surface area contributed by atoms with Crippen LogP contribution in [0.2, 0.25) is 0 Å². The molecule has 2 aromatic heterocycles. The van der Waals surface area contributed by atoms with Gasteiger partial charge < -0.3 is 9.30 Å². The predicted octanol–water partition coefficient (Wildman–Crippen LogP) is 3.26. The molecule has 2 unspecified atom stereocenters. The van der Waals surface area contributed by atoms with E-state index >= 15 is 0 Å². The number of fused-ring (bicyclic) bond motifs is 2. The summed E-state index contributed by atoms with van der Waals surface area (Å²) in [5, 5.41) is 0. The number of imidazole rings is 1. The lowest BCUT2D eigenvalue weighted by molar-refractivity contribution is 0.299. The van der Waals surface area contributed by atoms with Gasteiger partial charge in [0.1, 0.15) is 5.82 Å². The molecule has 0 bridgehead atoms. The van der Waals surface area contributed by atoms with E-state index in [4.69, 9.17) is 9.72 Å². The summed E-state index contributed by atoms with van der Waals surface area (Å²) < 4.78 is 7.86. The Morgan fingerprint density at radius 3 is 2.70 bits per heavy atom. The quantitative estimate of drug-likeness (QED) is 0.716. The van der Waals surface area contributed by atoms with Gasteiger partial charge in [-0.05, 0) is 23.5 Å². The molecule has 1 saturated heterocycles. The summed E-state index contributed by atoms with van der Waals surface area (Å²) in [6, 6.07) is 14.7. The van der Waals surface area contributed by atoms with Crippen molar-refractivity contribution in [3.8, 4) is 17.1 Å². The van der Waals surface area contributed by atoms with Crippen molar-refractivity contribution in [2.24, 2.45) is 11.8 Å². The van der Waals surface area contributed by atoms with Crippen LogP contribution in [0.25, 0.3) is 11.3 Å². The van der Waals surface area contributed by atoms with E-state index < -0.39 is 0 Å². The maximum absolute atomic E-state index is 5.43. The van der Waals surface area contributed by atoms with Gasteiger partial charge in [-0.2, -0.15) is 0 Å². The molecule has 5 nitrogen and oxygen atoms in total. The first-order valence-corrected chi connectivity index (χ1v) is 9.62. The molecule has 5 rings (SSSR count). The number of benzene rings is 1. The summed E-state index contributed by atoms with van der Waals surface area (Å²) in [7, 11) is 1.69. The van der Waals surface area contributed by atoms with Crippen molar-refractivity contribution in [2.45, 2.75) is 19.5 Å². The Hall–Kier alpha value is -2.66. The highest BCUT2D eigenvalue weighted by molar-refractivity contribution is 5.59. The van der Waals surface area contributed by atoms with Crippen molar-refractivity contribution in [1.82, 2.24) is 19.4 Å². The van der Waals surface area contributed by atoms with Gasteiger partial charge in [0.15, 0.2) is 0 Å². The zero-order valence-corrected chi connectivity index (χ0v) is 15.6. The molecule has 0 radical (unpaired) electrons. The first-order chi connectivity index (χ1) is 13.3. The average molecular weight is 360 g/mol. The van der Waals surface area contributed by atoms with Crippen molar-refractivity contribution in [2.75, 3.05) is 20.2 Å². The first-order valence-electron chi connectivity index (χ1n) is 9.62. The number of rotatable bonds is 4. The molecule has 4 heterocycles. The van der Waals surface area contributed by atoms with Gasteiger partial charge in [0.05, 0.1) is 19.0 Å². The van der Waals surface area contributed by atoms with E-state index in [0.29, 0.717) is 11.8 Å². The topological polar surface area (TPSA) is 43.2 Å². The molecule has 0 amide bonds. The van der Waals surface area contributed by atoms with E-state index in [-0.39, 0.29) is 0 Å². The largest absolute Gasteiger partial charge is 0.481 e. The molecule has 2 aliphatic rings. The van der Waals surface area contributed by atoms with Crippen molar-refractivity contribution < 1.29 is 4.74 Å². The Kier molecular flexibility index (Phi) is 4.17. The number of hydrogen-bond acceptors (Lipinski definition) is 4. The van der Waals surface area contributed by atoms with Gasteiger partial charge in [0.2, 0.25) is 5.88 Å². The molecule has 0 N–H and O–H groups in total. The van der Waals surface area contributed by atoms with Crippen molar-refractivity contribution in [3.05, 3.63) is 66.2 Å². The highest BCUT2D eigenvalue weighted by Crippen LogP contribution is 2.36. The number of methoxy groups -OCH3 is 1. The molecule has 0 aliphatic carbocycles. The van der Waals surface area contributed by atoms with E-state index in [9.17, 15) is 0 Å². The predicted molar refractivity (Wildman–Crippen MR) is 104 cm³/mol. The monoisotopic (exact) mass is 360 g/mol. The van der Waals surface area contributed by atoms with Crippen LogP contribution in [0.4, 0.5) is 0 Å². The smallest absolute Gasteiger partial charge is 0.217 e. The molecule has 2 atom stereocenters. The summed E-state index contributed by atoms with van der Waals surface area (Å²) >= 11 is 0. The Morgan fingerprint density at radius 2 is 1.85 bits per heavy atom. The minimum atomic E-state index is 0.678. The van der Waals surface area contributed by atoms with Gasteiger partial charge in [-0.25, -0.2) is 9.97 Å². The Bertz CT molecular complexity index is 936. The second-order valence-corrected chi connectivity index (χ2v) is 7.63. The van der Waals surface area contributed by atoms with Crippen LogP contribution in [-0.2, 0) is 19.5 Å². The molecule has 1 aromatic carbocycles. The molecule has 27 heavy (non-hydrogen) atoms. The summed E-state index contributed by atoms with van der Waals surface area (Å²) in [6.07, 6.45) is 4.90. The van der Waals surface area contributed by atoms with Gasteiger partial charge in [-0.15, -0.1) is 0 Å². The third-order valence-electron chi connectivity index (χ3n) is 5.96. The lowest BCUT2D eigenvalue weighted by Gasteiger charge is -2.27. The highest BCUT2D eigenvalue weighted by Gasteiger charge is 2.38. The molecular formula is C22H24N4O. The maximum atomic E-state index is 5.43. The molecule has 5 heteroatoms. The van der Waals surface area contributed by atoms with Crippen LogP contribution in [0.5, 0.6) is 5.88 Å². The third-order valence-corrected chi connectivity index (χ3v) is 5.96. The molecule has 0 spiro atoms. The van der Waals surface area contributed by atoms with E-state index in [0.717, 1.165) is 38.5 Å². The third kappa shape index (κ3) is 3.02. The van der Waals surface area contributed by atoms with Gasteiger partial charge in [0, 0.05) is 44.4 Å². The van der Waals surface area contributed by atoms with Crippen molar-refractivity contribution >= 4 is 0 Å². The number of pyridine rings is 1. The van der Waals surface area contributed by atoms with Crippen LogP contribution in [-0.4, -0.2) is 39.6 Å². The first kappa shape index (κ1) is 16.5. The van der Waals surface area contributed by atoms with Gasteiger partial charge in [-0.1, -0.05) is 36.4 Å². The SMILES string of the molecule is COc1ncccc1CN1CC2Cc3ncc(-c4ccccc4)n3CC2C1. The van der Waals surface area contributed by atoms with Crippen LogP contribution in [0, 0.1) is 11.8 Å². The van der Waals surface area contributed by atoms with Crippen LogP contribution >= 0.6 is 0 Å². The van der Waals surface area contributed by atoms with Crippen LogP contribution < -0.4 is 4.74 Å². The van der Waals surface area contributed by atoms with Gasteiger partial charge in [0.25, 0.3) is 0 Å². The molecular weight excluding hydrogens is 336 g/mol. The molecule has 2 aliphatic heterocycles. The number of nitrogens with zero attached hydrogens (tertiary/aromatic N) is 4. The second kappa shape index (κ2) is 6.82. The number of likely N-dealkylation sites (tertiary alicyclic amines) is 1. The Morgan fingerprint density at radius 1 is 1.00 bits per heavy atom. The molecule has 3 aromatic rings. The van der Waals surface area contributed by atoms with Crippen LogP contribution in [0.3, 0.4) is 0 Å². The summed E-state index contributed by atoms with van der Waals surface area (Å²) in [6.45, 7) is 4.20. The van der Waals surface area contributed by atoms with Crippen LogP contribution in [0.1, 0.15) is 11.4 Å². The molecule has 138 valence electrons. The minimum absolute atomic E-state index is 0.678. The summed E-state index contributed by atoms with van der Waals surface area (Å²) in [5.41, 5.74) is 3.67.